The molecule has 0 amide bonds. The first kappa shape index (κ1) is 13.3. The lowest BCUT2D eigenvalue weighted by atomic mass is 9.94. The second kappa shape index (κ2) is 5.68. The van der Waals surface area contributed by atoms with Crippen LogP contribution in [0.3, 0.4) is 0 Å². The molecule has 1 aromatic carbocycles. The number of hydrogen-bond donors (Lipinski definition) is 1. The van der Waals surface area contributed by atoms with Crippen molar-refractivity contribution in [1.29, 1.82) is 5.26 Å². The summed E-state index contributed by atoms with van der Waals surface area (Å²) in [6.45, 7) is 2.02. The number of nitrogens with zero attached hydrogens (tertiary/aromatic N) is 3. The maximum atomic E-state index is 10.2. The molecule has 0 spiro atoms. The van der Waals surface area contributed by atoms with Crippen molar-refractivity contribution in [2.45, 2.75) is 25.9 Å². The van der Waals surface area contributed by atoms with E-state index >= 15 is 0 Å². The monoisotopic (exact) mass is 255 g/mol. The summed E-state index contributed by atoms with van der Waals surface area (Å²) in [5.74, 6) is 0. The molecule has 0 aliphatic rings. The van der Waals surface area contributed by atoms with E-state index in [0.29, 0.717) is 12.8 Å². The predicted molar refractivity (Wildman–Crippen MR) is 73.2 cm³/mol. The van der Waals surface area contributed by atoms with Crippen molar-refractivity contribution in [2.24, 2.45) is 7.05 Å². The Labute approximate surface area is 112 Å². The maximum absolute atomic E-state index is 10.2. The number of aryl methyl sites for hydroxylation is 2. The molecule has 0 saturated heterocycles. The molecule has 98 valence electrons. The lowest BCUT2D eigenvalue weighted by Crippen LogP contribution is -2.00. The molecule has 2 aromatic rings. The summed E-state index contributed by atoms with van der Waals surface area (Å²) in [5, 5.41) is 23.0. The lowest BCUT2D eigenvalue weighted by molar-refractivity contribution is 0.170. The van der Waals surface area contributed by atoms with Gasteiger partial charge in [0.2, 0.25) is 0 Å². The number of rotatable bonds is 4. The van der Waals surface area contributed by atoms with Gasteiger partial charge in [-0.3, -0.25) is 4.68 Å². The van der Waals surface area contributed by atoms with E-state index in [1.807, 2.05) is 38.4 Å². The Hall–Kier alpha value is -2.12. The molecule has 1 unspecified atom stereocenters. The second-order valence-electron chi connectivity index (χ2n) is 4.71. The van der Waals surface area contributed by atoms with Crippen LogP contribution in [0.25, 0.3) is 11.1 Å². The molecule has 0 saturated carbocycles. The van der Waals surface area contributed by atoms with E-state index < -0.39 is 6.10 Å². The first-order chi connectivity index (χ1) is 9.11. The summed E-state index contributed by atoms with van der Waals surface area (Å²) in [5.41, 5.74) is 3.96. The third-order valence-electron chi connectivity index (χ3n) is 3.11. The maximum Gasteiger partial charge on any atom is 0.0805 e. The average Bonchev–Trinajstić information content (AvgIpc) is 2.82. The highest BCUT2D eigenvalue weighted by molar-refractivity contribution is 5.67. The van der Waals surface area contributed by atoms with Gasteiger partial charge in [0.05, 0.1) is 18.4 Å². The normalized spacial score (nSPS) is 12.1. The summed E-state index contributed by atoms with van der Waals surface area (Å²) in [4.78, 5) is 0. The fourth-order valence-electron chi connectivity index (χ4n) is 2.13. The molecule has 1 atom stereocenters. The lowest BCUT2D eigenvalue weighted by Gasteiger charge is -2.14. The standard InChI is InChI=1S/C15H17N3O/c1-11-5-6-13(15(19)4-3-7-16)14(8-11)12-9-17-18(2)10-12/h5-6,8-10,15,19H,3-4H2,1-2H3. The minimum Gasteiger partial charge on any atom is -0.388 e. The topological polar surface area (TPSA) is 61.8 Å². The Morgan fingerprint density at radius 3 is 2.89 bits per heavy atom. The van der Waals surface area contributed by atoms with E-state index in [0.717, 1.165) is 22.3 Å². The zero-order chi connectivity index (χ0) is 13.8. The van der Waals surface area contributed by atoms with Crippen molar-refractivity contribution in [3.05, 3.63) is 41.7 Å². The van der Waals surface area contributed by atoms with Gasteiger partial charge in [-0.15, -0.1) is 0 Å². The van der Waals surface area contributed by atoms with Crippen LogP contribution in [0.15, 0.2) is 30.6 Å². The van der Waals surface area contributed by atoms with Gasteiger partial charge < -0.3 is 5.11 Å². The largest absolute Gasteiger partial charge is 0.388 e. The summed E-state index contributed by atoms with van der Waals surface area (Å²) < 4.78 is 1.74. The second-order valence-corrected chi connectivity index (χ2v) is 4.71. The molecule has 1 heterocycles. The molecule has 19 heavy (non-hydrogen) atoms. The first-order valence-electron chi connectivity index (χ1n) is 6.26. The van der Waals surface area contributed by atoms with Crippen LogP contribution in [0.5, 0.6) is 0 Å². The average molecular weight is 255 g/mol. The Kier molecular flexibility index (Phi) is 3.98. The summed E-state index contributed by atoms with van der Waals surface area (Å²) in [6.07, 6.45) is 3.90. The van der Waals surface area contributed by atoms with Crippen LogP contribution in [-0.2, 0) is 7.05 Å². The van der Waals surface area contributed by atoms with E-state index in [1.165, 1.54) is 0 Å². The summed E-state index contributed by atoms with van der Waals surface area (Å²) >= 11 is 0. The molecular weight excluding hydrogens is 238 g/mol. The molecule has 1 N–H and O–H groups in total. The third kappa shape index (κ3) is 3.01. The summed E-state index contributed by atoms with van der Waals surface area (Å²) in [7, 11) is 1.87. The highest BCUT2D eigenvalue weighted by Crippen LogP contribution is 2.31. The van der Waals surface area contributed by atoms with Crippen LogP contribution in [0.1, 0.15) is 30.1 Å². The van der Waals surface area contributed by atoms with Crippen LogP contribution in [0.4, 0.5) is 0 Å². The van der Waals surface area contributed by atoms with Crippen molar-refractivity contribution in [3.8, 4) is 17.2 Å². The Morgan fingerprint density at radius 1 is 1.47 bits per heavy atom. The first-order valence-corrected chi connectivity index (χ1v) is 6.26. The van der Waals surface area contributed by atoms with Crippen LogP contribution in [-0.4, -0.2) is 14.9 Å². The quantitative estimate of drug-likeness (QED) is 0.913. The van der Waals surface area contributed by atoms with E-state index in [9.17, 15) is 5.11 Å². The van der Waals surface area contributed by atoms with Gasteiger partial charge in [0.25, 0.3) is 0 Å². The molecule has 1 aromatic heterocycles. The van der Waals surface area contributed by atoms with Gasteiger partial charge in [0.15, 0.2) is 0 Å². The SMILES string of the molecule is Cc1ccc(C(O)CCC#N)c(-c2cnn(C)c2)c1. The fraction of sp³-hybridized carbons (Fsp3) is 0.333. The molecule has 4 nitrogen and oxygen atoms in total. The molecule has 0 fully saturated rings. The highest BCUT2D eigenvalue weighted by Gasteiger charge is 2.14. The Morgan fingerprint density at radius 2 is 2.26 bits per heavy atom. The number of aliphatic hydroxyl groups excluding tert-OH is 1. The zero-order valence-electron chi connectivity index (χ0n) is 11.2. The van der Waals surface area contributed by atoms with Crippen LogP contribution < -0.4 is 0 Å². The van der Waals surface area contributed by atoms with Crippen LogP contribution in [0, 0.1) is 18.3 Å². The van der Waals surface area contributed by atoms with Crippen molar-refractivity contribution < 1.29 is 5.11 Å². The summed E-state index contributed by atoms with van der Waals surface area (Å²) in [6, 6.07) is 8.02. The number of benzene rings is 1. The number of hydrogen-bond acceptors (Lipinski definition) is 3. The van der Waals surface area contributed by atoms with Gasteiger partial charge in [0.1, 0.15) is 0 Å². The third-order valence-corrected chi connectivity index (χ3v) is 3.11. The van der Waals surface area contributed by atoms with Gasteiger partial charge in [0, 0.05) is 25.2 Å². The molecular formula is C15H17N3O. The molecule has 4 heteroatoms. The van der Waals surface area contributed by atoms with Crippen molar-refractivity contribution in [2.75, 3.05) is 0 Å². The van der Waals surface area contributed by atoms with Crippen LogP contribution in [0.2, 0.25) is 0 Å². The predicted octanol–water partition coefficient (Wildman–Crippen LogP) is 2.73. The van der Waals surface area contributed by atoms with Gasteiger partial charge in [-0.25, -0.2) is 0 Å². The molecule has 0 radical (unpaired) electrons. The van der Waals surface area contributed by atoms with Crippen LogP contribution >= 0.6 is 0 Å². The number of aliphatic hydroxyl groups is 1. The van der Waals surface area contributed by atoms with E-state index in [-0.39, 0.29) is 0 Å². The minimum atomic E-state index is -0.615. The Balaban J connectivity index is 2.41. The van der Waals surface area contributed by atoms with Crippen molar-refractivity contribution >= 4 is 0 Å². The molecule has 0 aliphatic heterocycles. The Bertz CT molecular complexity index is 610. The zero-order valence-corrected chi connectivity index (χ0v) is 11.2. The van der Waals surface area contributed by atoms with Gasteiger partial charge in [-0.05, 0) is 24.5 Å². The number of aromatic nitrogens is 2. The van der Waals surface area contributed by atoms with Crippen molar-refractivity contribution in [3.63, 3.8) is 0 Å². The highest BCUT2D eigenvalue weighted by atomic mass is 16.3. The van der Waals surface area contributed by atoms with Gasteiger partial charge >= 0.3 is 0 Å². The van der Waals surface area contributed by atoms with E-state index in [1.54, 1.807) is 10.9 Å². The smallest absolute Gasteiger partial charge is 0.0805 e. The van der Waals surface area contributed by atoms with E-state index in [4.69, 9.17) is 5.26 Å². The van der Waals surface area contributed by atoms with Gasteiger partial charge in [-0.2, -0.15) is 10.4 Å². The molecule has 0 bridgehead atoms. The van der Waals surface area contributed by atoms with Gasteiger partial charge in [-0.1, -0.05) is 23.8 Å². The van der Waals surface area contributed by atoms with Crippen molar-refractivity contribution in [1.82, 2.24) is 9.78 Å². The van der Waals surface area contributed by atoms with E-state index in [2.05, 4.69) is 11.2 Å². The molecule has 2 rings (SSSR count). The fourth-order valence-corrected chi connectivity index (χ4v) is 2.13. The molecule has 0 aliphatic carbocycles. The number of nitriles is 1. The minimum absolute atomic E-state index is 0.349.